The number of hydrogen-bond acceptors (Lipinski definition) is 2. The maximum atomic E-state index is 12.0. The number of nitrogen functional groups attached to an aromatic ring is 1. The van der Waals surface area contributed by atoms with Crippen molar-refractivity contribution in [3.05, 3.63) is 65.9 Å². The van der Waals surface area contributed by atoms with E-state index in [0.29, 0.717) is 17.8 Å². The van der Waals surface area contributed by atoms with Gasteiger partial charge in [-0.3, -0.25) is 4.79 Å². The topological polar surface area (TPSA) is 70.9 Å². The summed E-state index contributed by atoms with van der Waals surface area (Å²) in [5.74, 6) is -0.0742. The summed E-state index contributed by atoms with van der Waals surface area (Å²) in [6.07, 6.45) is 2.80. The molecule has 0 radical (unpaired) electrons. The van der Waals surface area contributed by atoms with Crippen LogP contribution >= 0.6 is 0 Å². The molecule has 4 N–H and O–H groups in total. The summed E-state index contributed by atoms with van der Waals surface area (Å²) in [6.45, 7) is 0.602. The molecule has 1 aromatic heterocycles. The molecule has 0 aliphatic rings. The van der Waals surface area contributed by atoms with E-state index in [9.17, 15) is 4.79 Å². The molecule has 0 atom stereocenters. The quantitative estimate of drug-likeness (QED) is 0.643. The fraction of sp³-hybridized carbons (Fsp3) is 0.118. The Labute approximate surface area is 123 Å². The normalized spacial score (nSPS) is 10.7. The number of benzene rings is 2. The first-order valence-corrected chi connectivity index (χ1v) is 6.93. The van der Waals surface area contributed by atoms with E-state index < -0.39 is 0 Å². The van der Waals surface area contributed by atoms with Crippen molar-refractivity contribution in [1.29, 1.82) is 0 Å². The fourth-order valence-corrected chi connectivity index (χ4v) is 2.39. The highest BCUT2D eigenvalue weighted by molar-refractivity contribution is 5.94. The second-order valence-electron chi connectivity index (χ2n) is 4.99. The molecule has 0 unspecified atom stereocenters. The lowest BCUT2D eigenvalue weighted by Crippen LogP contribution is -2.25. The Bertz CT molecular complexity index is 759. The van der Waals surface area contributed by atoms with Crippen molar-refractivity contribution in [3.8, 4) is 0 Å². The monoisotopic (exact) mass is 279 g/mol. The number of nitrogens with one attached hydrogen (secondary N) is 2. The summed E-state index contributed by atoms with van der Waals surface area (Å²) in [6, 6.07) is 15.1. The second kappa shape index (κ2) is 5.71. The van der Waals surface area contributed by atoms with Crippen molar-refractivity contribution in [3.63, 3.8) is 0 Å². The van der Waals surface area contributed by atoms with Gasteiger partial charge in [0.15, 0.2) is 0 Å². The van der Waals surface area contributed by atoms with Crippen LogP contribution in [0.3, 0.4) is 0 Å². The highest BCUT2D eigenvalue weighted by atomic mass is 16.1. The van der Waals surface area contributed by atoms with E-state index in [-0.39, 0.29) is 5.91 Å². The van der Waals surface area contributed by atoms with Gasteiger partial charge in [0.05, 0.1) is 0 Å². The predicted octanol–water partition coefficient (Wildman–Crippen LogP) is 2.72. The van der Waals surface area contributed by atoms with Gasteiger partial charge in [0.2, 0.25) is 0 Å². The first-order valence-electron chi connectivity index (χ1n) is 6.93. The number of fused-ring (bicyclic) bond motifs is 1. The summed E-state index contributed by atoms with van der Waals surface area (Å²) in [7, 11) is 0. The molecule has 0 spiro atoms. The lowest BCUT2D eigenvalue weighted by atomic mass is 10.1. The number of carbonyl (C=O) groups excluding carboxylic acids is 1. The van der Waals surface area contributed by atoms with E-state index in [1.54, 1.807) is 24.3 Å². The number of aromatic nitrogens is 1. The van der Waals surface area contributed by atoms with Crippen LogP contribution in [0, 0.1) is 0 Å². The molecule has 2 aromatic carbocycles. The Balaban J connectivity index is 1.61. The largest absolute Gasteiger partial charge is 0.399 e. The van der Waals surface area contributed by atoms with Crippen molar-refractivity contribution in [2.75, 3.05) is 12.3 Å². The molecule has 4 heteroatoms. The first kappa shape index (κ1) is 13.2. The Morgan fingerprint density at radius 2 is 1.86 bits per heavy atom. The van der Waals surface area contributed by atoms with Gasteiger partial charge in [0.25, 0.3) is 5.91 Å². The third kappa shape index (κ3) is 2.89. The molecule has 1 amide bonds. The SMILES string of the molecule is Nc1ccc(C(=O)NCCc2c[nH]c3ccccc23)cc1. The molecule has 0 saturated heterocycles. The number of amides is 1. The molecule has 106 valence electrons. The van der Waals surface area contributed by atoms with Gasteiger partial charge < -0.3 is 16.0 Å². The second-order valence-corrected chi connectivity index (χ2v) is 4.99. The minimum Gasteiger partial charge on any atom is -0.399 e. The van der Waals surface area contributed by atoms with Crippen molar-refractivity contribution in [2.45, 2.75) is 6.42 Å². The van der Waals surface area contributed by atoms with E-state index in [4.69, 9.17) is 5.73 Å². The number of carbonyl (C=O) groups is 1. The van der Waals surface area contributed by atoms with Crippen LogP contribution in [0.1, 0.15) is 15.9 Å². The van der Waals surface area contributed by atoms with Gasteiger partial charge >= 0.3 is 0 Å². The summed E-state index contributed by atoms with van der Waals surface area (Å²) < 4.78 is 0. The van der Waals surface area contributed by atoms with Crippen molar-refractivity contribution in [2.24, 2.45) is 0 Å². The van der Waals surface area contributed by atoms with Gasteiger partial charge in [-0.15, -0.1) is 0 Å². The Hall–Kier alpha value is -2.75. The molecule has 3 rings (SSSR count). The first-order chi connectivity index (χ1) is 10.2. The van der Waals surface area contributed by atoms with Crippen LogP contribution in [0.2, 0.25) is 0 Å². The van der Waals surface area contributed by atoms with E-state index in [2.05, 4.69) is 16.4 Å². The van der Waals surface area contributed by atoms with Crippen LogP contribution in [0.5, 0.6) is 0 Å². The molecular weight excluding hydrogens is 262 g/mol. The highest BCUT2D eigenvalue weighted by Crippen LogP contribution is 2.17. The van der Waals surface area contributed by atoms with E-state index in [1.807, 2.05) is 24.4 Å². The van der Waals surface area contributed by atoms with E-state index in [0.717, 1.165) is 11.9 Å². The number of anilines is 1. The molecule has 0 saturated carbocycles. The maximum Gasteiger partial charge on any atom is 0.251 e. The molecule has 21 heavy (non-hydrogen) atoms. The lowest BCUT2D eigenvalue weighted by molar-refractivity contribution is 0.0954. The van der Waals surface area contributed by atoms with Crippen molar-refractivity contribution >= 4 is 22.5 Å². The van der Waals surface area contributed by atoms with Crippen LogP contribution < -0.4 is 11.1 Å². The predicted molar refractivity (Wildman–Crippen MR) is 85.2 cm³/mol. The minimum atomic E-state index is -0.0742. The van der Waals surface area contributed by atoms with Gasteiger partial charge in [-0.2, -0.15) is 0 Å². The molecule has 0 aliphatic heterocycles. The molecule has 1 heterocycles. The number of rotatable bonds is 4. The third-order valence-corrected chi connectivity index (χ3v) is 3.53. The number of H-pyrrole nitrogens is 1. The van der Waals surface area contributed by atoms with Gasteiger partial charge in [-0.1, -0.05) is 18.2 Å². The van der Waals surface area contributed by atoms with Gasteiger partial charge in [0, 0.05) is 34.9 Å². The van der Waals surface area contributed by atoms with E-state index >= 15 is 0 Å². The molecule has 3 aromatic rings. The zero-order valence-electron chi connectivity index (χ0n) is 11.6. The van der Waals surface area contributed by atoms with Crippen LogP contribution in [0.4, 0.5) is 5.69 Å². The summed E-state index contributed by atoms with van der Waals surface area (Å²) in [5.41, 5.74) is 9.23. The molecule has 0 fully saturated rings. The van der Waals surface area contributed by atoms with Crippen LogP contribution in [0.15, 0.2) is 54.7 Å². The fourth-order valence-electron chi connectivity index (χ4n) is 2.39. The lowest BCUT2D eigenvalue weighted by Gasteiger charge is -2.05. The average Bonchev–Trinajstić information content (AvgIpc) is 2.91. The maximum absolute atomic E-state index is 12.0. The smallest absolute Gasteiger partial charge is 0.251 e. The zero-order chi connectivity index (χ0) is 14.7. The van der Waals surface area contributed by atoms with Crippen LogP contribution in [-0.4, -0.2) is 17.4 Å². The molecular formula is C17H17N3O. The third-order valence-electron chi connectivity index (χ3n) is 3.53. The average molecular weight is 279 g/mol. The Kier molecular flexibility index (Phi) is 3.60. The molecule has 0 bridgehead atoms. The molecule has 0 aliphatic carbocycles. The van der Waals surface area contributed by atoms with Crippen molar-refractivity contribution in [1.82, 2.24) is 10.3 Å². The van der Waals surface area contributed by atoms with Gasteiger partial charge in [-0.25, -0.2) is 0 Å². The molecule has 4 nitrogen and oxygen atoms in total. The highest BCUT2D eigenvalue weighted by Gasteiger charge is 2.06. The van der Waals surface area contributed by atoms with Gasteiger partial charge in [-0.05, 0) is 42.3 Å². The van der Waals surface area contributed by atoms with Gasteiger partial charge in [0.1, 0.15) is 0 Å². The van der Waals surface area contributed by atoms with E-state index in [1.165, 1.54) is 10.9 Å². The number of nitrogens with two attached hydrogens (primary N) is 1. The Morgan fingerprint density at radius 1 is 1.10 bits per heavy atom. The minimum absolute atomic E-state index is 0.0742. The zero-order valence-corrected chi connectivity index (χ0v) is 11.6. The Morgan fingerprint density at radius 3 is 2.67 bits per heavy atom. The van der Waals surface area contributed by atoms with Crippen LogP contribution in [-0.2, 0) is 6.42 Å². The standard InChI is InChI=1S/C17H17N3O/c18-14-7-5-12(6-8-14)17(21)19-10-9-13-11-20-16-4-2-1-3-15(13)16/h1-8,11,20H,9-10,18H2,(H,19,21). The number of para-hydroxylation sites is 1. The number of aromatic amines is 1. The van der Waals surface area contributed by atoms with Crippen molar-refractivity contribution < 1.29 is 4.79 Å². The summed E-state index contributed by atoms with van der Waals surface area (Å²) in [5, 5.41) is 4.14. The van der Waals surface area contributed by atoms with Crippen LogP contribution in [0.25, 0.3) is 10.9 Å². The summed E-state index contributed by atoms with van der Waals surface area (Å²) >= 11 is 0. The summed E-state index contributed by atoms with van der Waals surface area (Å²) in [4.78, 5) is 15.2. The number of hydrogen-bond donors (Lipinski definition) is 3.